The Morgan fingerprint density at radius 2 is 1.92 bits per heavy atom. The second-order valence-corrected chi connectivity index (χ2v) is 6.17. The molecule has 0 aliphatic carbocycles. The molecule has 1 aromatic carbocycles. The number of para-hydroxylation sites is 1. The van der Waals surface area contributed by atoms with Gasteiger partial charge < -0.3 is 20.3 Å². The number of guanidine groups is 1. The van der Waals surface area contributed by atoms with Crippen molar-refractivity contribution in [1.82, 2.24) is 15.5 Å². The van der Waals surface area contributed by atoms with E-state index in [-0.39, 0.29) is 12.5 Å². The average Bonchev–Trinajstić information content (AvgIpc) is 2.56. The first kappa shape index (κ1) is 19.8. The maximum Gasteiger partial charge on any atom is 0.243 e. The van der Waals surface area contributed by atoms with Crippen molar-refractivity contribution in [2.45, 2.75) is 20.3 Å². The Labute approximate surface area is 145 Å². The summed E-state index contributed by atoms with van der Waals surface area (Å²) in [6.07, 6.45) is 0.846. The molecule has 0 bridgehead atoms. The van der Waals surface area contributed by atoms with Crippen molar-refractivity contribution >= 4 is 11.9 Å². The predicted molar refractivity (Wildman–Crippen MR) is 98.4 cm³/mol. The molecule has 0 unspecified atom stereocenters. The number of aliphatic imine (C=N–C) groups is 1. The topological polar surface area (TPSA) is 66.0 Å². The molecule has 0 heterocycles. The van der Waals surface area contributed by atoms with E-state index in [0.717, 1.165) is 25.3 Å². The van der Waals surface area contributed by atoms with E-state index in [1.165, 1.54) is 4.90 Å². The second-order valence-electron chi connectivity index (χ2n) is 6.17. The fourth-order valence-electron chi connectivity index (χ4n) is 1.75. The first-order valence-corrected chi connectivity index (χ1v) is 8.39. The summed E-state index contributed by atoms with van der Waals surface area (Å²) in [6, 6.07) is 9.76. The van der Waals surface area contributed by atoms with Gasteiger partial charge in [-0.05, 0) is 24.5 Å². The molecule has 0 spiro atoms. The van der Waals surface area contributed by atoms with E-state index in [0.29, 0.717) is 18.5 Å². The Kier molecular flexibility index (Phi) is 9.34. The van der Waals surface area contributed by atoms with Crippen molar-refractivity contribution in [3.63, 3.8) is 0 Å². The fraction of sp³-hybridized carbons (Fsp3) is 0.556. The summed E-state index contributed by atoms with van der Waals surface area (Å²) in [6.45, 7) is 6.56. The molecule has 2 N–H and O–H groups in total. The number of carbonyl (C=O) groups is 1. The molecule has 0 atom stereocenters. The van der Waals surface area contributed by atoms with Crippen LogP contribution in [-0.2, 0) is 4.79 Å². The monoisotopic (exact) mass is 334 g/mol. The lowest BCUT2D eigenvalue weighted by Crippen LogP contribution is -2.40. The molecule has 0 aromatic heterocycles. The molecule has 0 fully saturated rings. The smallest absolute Gasteiger partial charge is 0.243 e. The zero-order valence-electron chi connectivity index (χ0n) is 15.2. The van der Waals surface area contributed by atoms with Crippen molar-refractivity contribution in [2.75, 3.05) is 40.3 Å². The third-order valence-corrected chi connectivity index (χ3v) is 3.17. The highest BCUT2D eigenvalue weighted by molar-refractivity contribution is 5.84. The number of likely N-dealkylation sites (N-methyl/N-ethyl adjacent to an activating group) is 1. The van der Waals surface area contributed by atoms with Crippen LogP contribution in [0.25, 0.3) is 0 Å². The molecule has 0 aliphatic rings. The summed E-state index contributed by atoms with van der Waals surface area (Å²) in [5, 5.41) is 6.49. The van der Waals surface area contributed by atoms with Crippen LogP contribution in [0.3, 0.4) is 0 Å². The van der Waals surface area contributed by atoms with Gasteiger partial charge >= 0.3 is 0 Å². The van der Waals surface area contributed by atoms with E-state index in [9.17, 15) is 4.79 Å². The molecule has 1 amide bonds. The molecule has 0 radical (unpaired) electrons. The molecule has 1 rings (SSSR count). The Bertz CT molecular complexity index is 501. The maximum atomic E-state index is 11.7. The van der Waals surface area contributed by atoms with E-state index < -0.39 is 0 Å². The minimum absolute atomic E-state index is 0.0203. The summed E-state index contributed by atoms with van der Waals surface area (Å²) in [5.41, 5.74) is 0. The van der Waals surface area contributed by atoms with Crippen molar-refractivity contribution in [2.24, 2.45) is 10.9 Å². The van der Waals surface area contributed by atoms with Crippen molar-refractivity contribution in [3.05, 3.63) is 30.3 Å². The minimum Gasteiger partial charge on any atom is -0.494 e. The normalized spacial score (nSPS) is 11.3. The molecule has 0 saturated carbocycles. The summed E-state index contributed by atoms with van der Waals surface area (Å²) in [4.78, 5) is 17.5. The van der Waals surface area contributed by atoms with E-state index >= 15 is 0 Å². The second kappa shape index (κ2) is 11.3. The van der Waals surface area contributed by atoms with E-state index in [1.54, 1.807) is 14.1 Å². The van der Waals surface area contributed by atoms with Gasteiger partial charge in [-0.1, -0.05) is 32.0 Å². The highest BCUT2D eigenvalue weighted by atomic mass is 16.5. The number of benzene rings is 1. The third kappa shape index (κ3) is 9.02. The van der Waals surface area contributed by atoms with Gasteiger partial charge in [0.15, 0.2) is 5.96 Å². The third-order valence-electron chi connectivity index (χ3n) is 3.17. The zero-order valence-corrected chi connectivity index (χ0v) is 15.2. The van der Waals surface area contributed by atoms with Crippen LogP contribution >= 0.6 is 0 Å². The summed E-state index contributed by atoms with van der Waals surface area (Å²) >= 11 is 0. The minimum atomic E-state index is -0.0203. The highest BCUT2D eigenvalue weighted by Crippen LogP contribution is 2.07. The standard InChI is InChI=1S/C18H30N4O2/c1-15(2)13-20-18(21-14-17(23)22(3)4)19-11-8-12-24-16-9-6-5-7-10-16/h5-7,9-10,15H,8,11-14H2,1-4H3,(H2,19,20,21). The molecular formula is C18H30N4O2. The lowest BCUT2D eigenvalue weighted by atomic mass is 10.2. The zero-order chi connectivity index (χ0) is 17.8. The highest BCUT2D eigenvalue weighted by Gasteiger charge is 2.05. The Balaban J connectivity index is 2.34. The lowest BCUT2D eigenvalue weighted by Gasteiger charge is -2.15. The van der Waals surface area contributed by atoms with Gasteiger partial charge in [0.1, 0.15) is 12.3 Å². The first-order valence-electron chi connectivity index (χ1n) is 8.39. The molecule has 24 heavy (non-hydrogen) atoms. The van der Waals surface area contributed by atoms with E-state index in [4.69, 9.17) is 4.74 Å². The van der Waals surface area contributed by atoms with Crippen LogP contribution in [0.4, 0.5) is 0 Å². The molecule has 6 nitrogen and oxygen atoms in total. The maximum absolute atomic E-state index is 11.7. The van der Waals surface area contributed by atoms with Crippen LogP contribution in [0.15, 0.2) is 35.3 Å². The SMILES string of the molecule is CC(C)CNC(=NCC(=O)N(C)C)NCCCOc1ccccc1. The van der Waals surface area contributed by atoms with E-state index in [2.05, 4.69) is 29.5 Å². The van der Waals surface area contributed by atoms with Crippen molar-refractivity contribution in [1.29, 1.82) is 0 Å². The summed E-state index contributed by atoms with van der Waals surface area (Å²) in [5.74, 6) is 2.02. The quantitative estimate of drug-likeness (QED) is 0.410. The van der Waals surface area contributed by atoms with Gasteiger partial charge in [-0.25, -0.2) is 4.99 Å². The van der Waals surface area contributed by atoms with Gasteiger partial charge in [-0.3, -0.25) is 4.79 Å². The molecule has 0 aliphatic heterocycles. The average molecular weight is 334 g/mol. The van der Waals surface area contributed by atoms with Gasteiger partial charge in [-0.15, -0.1) is 0 Å². The van der Waals surface area contributed by atoms with Crippen LogP contribution in [0.1, 0.15) is 20.3 Å². The first-order chi connectivity index (χ1) is 11.5. The van der Waals surface area contributed by atoms with Crippen molar-refractivity contribution < 1.29 is 9.53 Å². The van der Waals surface area contributed by atoms with Gasteiger partial charge in [0, 0.05) is 27.2 Å². The van der Waals surface area contributed by atoms with Crippen LogP contribution < -0.4 is 15.4 Å². The van der Waals surface area contributed by atoms with Crippen LogP contribution in [-0.4, -0.2) is 57.1 Å². The number of hydrogen-bond donors (Lipinski definition) is 2. The van der Waals surface area contributed by atoms with Gasteiger partial charge in [0.2, 0.25) is 5.91 Å². The number of carbonyl (C=O) groups excluding carboxylic acids is 1. The number of ether oxygens (including phenoxy) is 1. The van der Waals surface area contributed by atoms with Gasteiger partial charge in [0.05, 0.1) is 6.61 Å². The number of nitrogens with one attached hydrogen (secondary N) is 2. The molecular weight excluding hydrogens is 304 g/mol. The fourth-order valence-corrected chi connectivity index (χ4v) is 1.75. The van der Waals surface area contributed by atoms with E-state index in [1.807, 2.05) is 30.3 Å². The number of hydrogen-bond acceptors (Lipinski definition) is 3. The Morgan fingerprint density at radius 3 is 2.54 bits per heavy atom. The van der Waals surface area contributed by atoms with Gasteiger partial charge in [0.25, 0.3) is 0 Å². The summed E-state index contributed by atoms with van der Waals surface area (Å²) in [7, 11) is 3.46. The molecule has 1 aromatic rings. The summed E-state index contributed by atoms with van der Waals surface area (Å²) < 4.78 is 5.65. The number of amides is 1. The predicted octanol–water partition coefficient (Wildman–Crippen LogP) is 1.73. The Morgan fingerprint density at radius 1 is 1.21 bits per heavy atom. The largest absolute Gasteiger partial charge is 0.494 e. The van der Waals surface area contributed by atoms with Crippen LogP contribution in [0.5, 0.6) is 5.75 Å². The number of rotatable bonds is 9. The van der Waals surface area contributed by atoms with Crippen molar-refractivity contribution in [3.8, 4) is 5.75 Å². The molecule has 134 valence electrons. The Hall–Kier alpha value is -2.24. The lowest BCUT2D eigenvalue weighted by molar-refractivity contribution is -0.127. The molecule has 0 saturated heterocycles. The van der Waals surface area contributed by atoms with Crippen LogP contribution in [0.2, 0.25) is 0 Å². The van der Waals surface area contributed by atoms with Gasteiger partial charge in [-0.2, -0.15) is 0 Å². The number of nitrogens with zero attached hydrogens (tertiary/aromatic N) is 2. The molecule has 6 heteroatoms. The van der Waals surface area contributed by atoms with Crippen LogP contribution in [0, 0.1) is 5.92 Å².